The van der Waals surface area contributed by atoms with Crippen LogP contribution >= 0.6 is 0 Å². The summed E-state index contributed by atoms with van der Waals surface area (Å²) in [5, 5.41) is 0.902. The van der Waals surface area contributed by atoms with Gasteiger partial charge in [0, 0.05) is 12.5 Å². The summed E-state index contributed by atoms with van der Waals surface area (Å²) in [5.74, 6) is 1.20. The summed E-state index contributed by atoms with van der Waals surface area (Å²) in [6.07, 6.45) is 7.93. The summed E-state index contributed by atoms with van der Waals surface area (Å²) in [7, 11) is -7.32. The van der Waals surface area contributed by atoms with E-state index < -0.39 is 23.9 Å². The van der Waals surface area contributed by atoms with Gasteiger partial charge in [-0.1, -0.05) is 27.7 Å². The summed E-state index contributed by atoms with van der Waals surface area (Å²) in [6.45, 7) is 16.0. The largest absolute Gasteiger partial charge is 0.741 e. The van der Waals surface area contributed by atoms with E-state index in [1.807, 2.05) is 0 Å². The van der Waals surface area contributed by atoms with Crippen LogP contribution in [0, 0.1) is 0 Å². The van der Waals surface area contributed by atoms with Crippen molar-refractivity contribution in [2.24, 2.45) is 0 Å². The molecule has 0 aliphatic carbocycles. The van der Waals surface area contributed by atoms with E-state index in [0.717, 1.165) is 6.42 Å². The van der Waals surface area contributed by atoms with Crippen LogP contribution in [0.3, 0.4) is 0 Å². The predicted octanol–water partition coefficient (Wildman–Crippen LogP) is 4.62. The summed E-state index contributed by atoms with van der Waals surface area (Å²) in [5.41, 5.74) is -5.65. The number of rotatable bonds is 5. The molecule has 0 rings (SSSR count). The molecular formula is C15H31F3O4S2Si. The molecule has 0 N–H and O–H groups in total. The quantitative estimate of drug-likeness (QED) is 0.212. The first-order chi connectivity index (χ1) is 10.8. The van der Waals surface area contributed by atoms with Gasteiger partial charge in [-0.15, -0.1) is 0 Å². The van der Waals surface area contributed by atoms with E-state index in [1.54, 1.807) is 0 Å². The van der Waals surface area contributed by atoms with Gasteiger partial charge in [0.1, 0.15) is 5.25 Å². The highest BCUT2D eigenvalue weighted by Gasteiger charge is 2.39. The van der Waals surface area contributed by atoms with Gasteiger partial charge in [-0.2, -0.15) is 13.2 Å². The molecule has 0 aromatic rings. The standard InChI is InChI=1S/C14H31OSSi.CHF3O3S/c1-10-13(11-12(2)16(6)7)15-17(8,9)14(3,4)5;2-1(3,4)8(5,6)7/h11-12H,10H2,1-9H3;(H,5,6,7)/q+1;/p-1/b13-11+;. The Hall–Kier alpha value is -0.193. The molecule has 1 atom stereocenters. The van der Waals surface area contributed by atoms with Crippen LogP contribution in [-0.2, 0) is 25.4 Å². The van der Waals surface area contributed by atoms with Gasteiger partial charge in [0.25, 0.3) is 0 Å². The highest BCUT2D eigenvalue weighted by Crippen LogP contribution is 2.38. The first-order valence-electron chi connectivity index (χ1n) is 7.74. The highest BCUT2D eigenvalue weighted by atomic mass is 32.2. The van der Waals surface area contributed by atoms with E-state index in [1.165, 1.54) is 5.76 Å². The SMILES string of the molecule is CC/C(=C\C(C)[S+](C)C)O[Si](C)(C)C(C)(C)C.O=S(=O)([O-])C(F)(F)F. The smallest absolute Gasteiger partial charge is 0.485 e. The fourth-order valence-corrected chi connectivity index (χ4v) is 2.70. The van der Waals surface area contributed by atoms with Crippen molar-refractivity contribution in [1.82, 2.24) is 0 Å². The summed E-state index contributed by atoms with van der Waals surface area (Å²) in [4.78, 5) is 0. The van der Waals surface area contributed by atoms with E-state index in [4.69, 9.17) is 17.4 Å². The summed E-state index contributed by atoms with van der Waals surface area (Å²) < 4.78 is 65.3. The maximum Gasteiger partial charge on any atom is 0.485 e. The lowest BCUT2D eigenvalue weighted by Gasteiger charge is -2.37. The second-order valence-electron chi connectivity index (χ2n) is 7.33. The van der Waals surface area contributed by atoms with Gasteiger partial charge in [0.05, 0.1) is 18.3 Å². The number of allylic oxidation sites excluding steroid dienone is 1. The fraction of sp³-hybridized carbons (Fsp3) is 0.867. The molecule has 0 fully saturated rings. The number of alkyl halides is 3. The molecule has 1 unspecified atom stereocenters. The summed E-state index contributed by atoms with van der Waals surface area (Å²) >= 11 is 0. The van der Waals surface area contributed by atoms with E-state index in [9.17, 15) is 13.2 Å². The van der Waals surface area contributed by atoms with Crippen molar-refractivity contribution in [2.45, 2.75) is 69.9 Å². The minimum Gasteiger partial charge on any atom is -0.741 e. The third kappa shape index (κ3) is 10.5. The zero-order chi connectivity index (χ0) is 20.9. The van der Waals surface area contributed by atoms with Gasteiger partial charge in [0.2, 0.25) is 8.32 Å². The molecule has 25 heavy (non-hydrogen) atoms. The molecule has 0 radical (unpaired) electrons. The molecule has 0 aromatic carbocycles. The van der Waals surface area contributed by atoms with Crippen LogP contribution in [0.15, 0.2) is 11.8 Å². The molecule has 0 heterocycles. The van der Waals surface area contributed by atoms with E-state index in [2.05, 4.69) is 66.3 Å². The van der Waals surface area contributed by atoms with Crippen molar-refractivity contribution in [3.63, 3.8) is 0 Å². The lowest BCUT2D eigenvalue weighted by atomic mass is 10.2. The predicted molar refractivity (Wildman–Crippen MR) is 101 cm³/mol. The normalized spacial score (nSPS) is 15.5. The van der Waals surface area contributed by atoms with Gasteiger partial charge in [-0.25, -0.2) is 8.42 Å². The lowest BCUT2D eigenvalue weighted by Crippen LogP contribution is -2.40. The Labute approximate surface area is 154 Å². The minimum atomic E-state index is -6.09. The van der Waals surface area contributed by atoms with Crippen LogP contribution in [0.5, 0.6) is 0 Å². The molecule has 0 aliphatic heterocycles. The molecule has 0 saturated carbocycles. The van der Waals surface area contributed by atoms with Gasteiger partial charge in [-0.05, 0) is 36.0 Å². The monoisotopic (exact) mass is 424 g/mol. The molecule has 0 amide bonds. The number of halogens is 3. The Bertz CT molecular complexity index is 536. The Morgan fingerprint density at radius 3 is 1.80 bits per heavy atom. The number of hydrogen-bond acceptors (Lipinski definition) is 4. The molecule has 0 aromatic heterocycles. The topological polar surface area (TPSA) is 66.4 Å². The maximum absolute atomic E-state index is 10.7. The lowest BCUT2D eigenvalue weighted by molar-refractivity contribution is -0.0517. The minimum absolute atomic E-state index is 0.282. The molecule has 152 valence electrons. The average molecular weight is 425 g/mol. The van der Waals surface area contributed by atoms with Gasteiger partial charge < -0.3 is 8.98 Å². The van der Waals surface area contributed by atoms with Crippen LogP contribution < -0.4 is 0 Å². The third-order valence-corrected chi connectivity index (χ3v) is 10.6. The number of hydrogen-bond donors (Lipinski definition) is 0. The Morgan fingerprint density at radius 2 is 1.60 bits per heavy atom. The van der Waals surface area contributed by atoms with Crippen LogP contribution in [0.2, 0.25) is 18.1 Å². The molecule has 0 saturated heterocycles. The zero-order valence-electron chi connectivity index (χ0n) is 16.4. The van der Waals surface area contributed by atoms with Crippen molar-refractivity contribution in [3.05, 3.63) is 11.8 Å². The Kier molecular flexibility index (Phi) is 10.4. The van der Waals surface area contributed by atoms with Crippen LogP contribution in [-0.4, -0.2) is 44.6 Å². The molecule has 0 bridgehead atoms. The molecule has 0 aliphatic rings. The van der Waals surface area contributed by atoms with Crippen molar-refractivity contribution in [1.29, 1.82) is 0 Å². The van der Waals surface area contributed by atoms with Crippen LogP contribution in [0.4, 0.5) is 13.2 Å². The van der Waals surface area contributed by atoms with Crippen molar-refractivity contribution < 1.29 is 30.6 Å². The third-order valence-electron chi connectivity index (χ3n) is 3.99. The average Bonchev–Trinajstić information content (AvgIpc) is 2.34. The van der Waals surface area contributed by atoms with Gasteiger partial charge in [-0.3, -0.25) is 0 Å². The first-order valence-corrected chi connectivity index (χ1v) is 14.2. The Morgan fingerprint density at radius 1 is 1.24 bits per heavy atom. The van der Waals surface area contributed by atoms with Crippen molar-refractivity contribution in [2.75, 3.05) is 12.5 Å². The zero-order valence-corrected chi connectivity index (χ0v) is 19.1. The van der Waals surface area contributed by atoms with Crippen LogP contribution in [0.1, 0.15) is 41.0 Å². The van der Waals surface area contributed by atoms with Crippen LogP contribution in [0.25, 0.3) is 0 Å². The molecular weight excluding hydrogens is 393 g/mol. The first kappa shape index (κ1) is 27.0. The molecule has 10 heteroatoms. The molecule has 0 spiro atoms. The second-order valence-corrected chi connectivity index (χ2v) is 15.9. The van der Waals surface area contributed by atoms with Crippen molar-refractivity contribution >= 4 is 29.3 Å². The Balaban J connectivity index is 0. The summed E-state index contributed by atoms with van der Waals surface area (Å²) in [6, 6.07) is 0. The van der Waals surface area contributed by atoms with Gasteiger partial charge in [0.15, 0.2) is 10.1 Å². The van der Waals surface area contributed by atoms with Crippen molar-refractivity contribution in [3.8, 4) is 0 Å². The highest BCUT2D eigenvalue weighted by molar-refractivity contribution is 7.96. The van der Waals surface area contributed by atoms with E-state index in [0.29, 0.717) is 16.1 Å². The fourth-order valence-electron chi connectivity index (χ4n) is 1.10. The van der Waals surface area contributed by atoms with E-state index >= 15 is 0 Å². The maximum atomic E-state index is 10.7. The van der Waals surface area contributed by atoms with Gasteiger partial charge >= 0.3 is 5.51 Å². The second kappa shape index (κ2) is 9.66. The van der Waals surface area contributed by atoms with E-state index in [-0.39, 0.29) is 5.04 Å². The molecule has 4 nitrogen and oxygen atoms in total.